The minimum absolute atomic E-state index is 0.185. The quantitative estimate of drug-likeness (QED) is 0.407. The molecule has 0 atom stereocenters. The van der Waals surface area contributed by atoms with Crippen molar-refractivity contribution in [1.29, 1.82) is 0 Å². The maximum Gasteiger partial charge on any atom is 0.410 e. The van der Waals surface area contributed by atoms with Crippen molar-refractivity contribution in [2.75, 3.05) is 26.5 Å². The number of carbonyl (C=O) groups excluding carboxylic acids is 1. The van der Waals surface area contributed by atoms with Gasteiger partial charge in [-0.25, -0.2) is 14.2 Å². The molecule has 0 fully saturated rings. The third-order valence-electron chi connectivity index (χ3n) is 4.84. The Morgan fingerprint density at radius 1 is 1.16 bits per heavy atom. The van der Waals surface area contributed by atoms with E-state index in [-0.39, 0.29) is 11.8 Å². The number of nitrogens with zero attached hydrogens (tertiary/aromatic N) is 2. The molecular weight excluding hydrogens is 427 g/mol. The minimum atomic E-state index is -0.497. The second kappa shape index (κ2) is 9.77. The van der Waals surface area contributed by atoms with Gasteiger partial charge in [-0.1, -0.05) is 12.1 Å². The van der Waals surface area contributed by atoms with Crippen molar-refractivity contribution >= 4 is 28.8 Å². The summed E-state index contributed by atoms with van der Waals surface area (Å²) in [4.78, 5) is 19.4. The number of aromatic nitrogens is 1. The van der Waals surface area contributed by atoms with E-state index < -0.39 is 11.4 Å². The lowest BCUT2D eigenvalue weighted by atomic mass is 10.0. The van der Waals surface area contributed by atoms with E-state index in [1.165, 1.54) is 13.2 Å². The normalized spacial score (nSPS) is 11.5. The van der Waals surface area contributed by atoms with Crippen LogP contribution in [0.5, 0.6) is 5.75 Å². The van der Waals surface area contributed by atoms with E-state index in [2.05, 4.69) is 0 Å². The molecule has 2 aromatic carbocycles. The number of hydrogen-bond acceptors (Lipinski definition) is 5. The Morgan fingerprint density at radius 3 is 2.47 bits per heavy atom. The van der Waals surface area contributed by atoms with Crippen LogP contribution in [0.2, 0.25) is 0 Å². The van der Waals surface area contributed by atoms with Crippen molar-refractivity contribution in [3.05, 3.63) is 53.8 Å². The fourth-order valence-corrected chi connectivity index (χ4v) is 4.08. The topological polar surface area (TPSA) is 51.7 Å². The molecule has 0 unspecified atom stereocenters. The number of carbonyl (C=O) groups is 1. The first-order valence-electron chi connectivity index (χ1n) is 10.4. The first kappa shape index (κ1) is 23.9. The molecule has 3 rings (SSSR count). The van der Waals surface area contributed by atoms with E-state index in [4.69, 9.17) is 14.5 Å². The molecule has 0 N–H and O–H groups in total. The second-order valence-electron chi connectivity index (χ2n) is 8.60. The van der Waals surface area contributed by atoms with E-state index in [0.717, 1.165) is 32.9 Å². The van der Waals surface area contributed by atoms with Crippen molar-refractivity contribution in [1.82, 2.24) is 9.88 Å². The Kier molecular flexibility index (Phi) is 7.29. The van der Waals surface area contributed by atoms with Crippen LogP contribution in [0.15, 0.2) is 47.4 Å². The fourth-order valence-electron chi connectivity index (χ4n) is 3.15. The number of methoxy groups -OCH3 is 1. The lowest BCUT2D eigenvalue weighted by Gasteiger charge is -2.24. The highest BCUT2D eigenvalue weighted by molar-refractivity contribution is 7.99. The van der Waals surface area contributed by atoms with Gasteiger partial charge in [-0.2, -0.15) is 0 Å². The van der Waals surface area contributed by atoms with E-state index in [9.17, 15) is 9.18 Å². The Bertz CT molecular complexity index is 1110. The molecule has 0 spiro atoms. The lowest BCUT2D eigenvalue weighted by Crippen LogP contribution is -2.35. The second-order valence-corrected chi connectivity index (χ2v) is 9.77. The van der Waals surface area contributed by atoms with Crippen LogP contribution in [0, 0.1) is 12.7 Å². The van der Waals surface area contributed by atoms with Crippen LogP contribution >= 0.6 is 11.8 Å². The molecule has 0 aliphatic carbocycles. The number of hydrogen-bond donors (Lipinski definition) is 0. The van der Waals surface area contributed by atoms with Crippen molar-refractivity contribution in [2.45, 2.75) is 38.2 Å². The smallest absolute Gasteiger partial charge is 0.410 e. The highest BCUT2D eigenvalue weighted by atomic mass is 32.2. The van der Waals surface area contributed by atoms with Gasteiger partial charge in [0.2, 0.25) is 0 Å². The predicted molar refractivity (Wildman–Crippen MR) is 128 cm³/mol. The molecule has 1 amide bonds. The maximum atomic E-state index is 14.1. The number of pyridine rings is 1. The van der Waals surface area contributed by atoms with Gasteiger partial charge in [-0.15, -0.1) is 11.8 Å². The summed E-state index contributed by atoms with van der Waals surface area (Å²) in [6.07, 6.45) is -0.317. The number of aryl methyl sites for hydroxylation is 1. The first-order chi connectivity index (χ1) is 15.1. The summed E-state index contributed by atoms with van der Waals surface area (Å²) in [5, 5.41) is 0.772. The number of ether oxygens (including phenoxy) is 2. The molecule has 5 nitrogen and oxygen atoms in total. The summed E-state index contributed by atoms with van der Waals surface area (Å²) in [5.74, 6) is 0.550. The highest BCUT2D eigenvalue weighted by Crippen LogP contribution is 2.30. The van der Waals surface area contributed by atoms with Gasteiger partial charge < -0.3 is 14.4 Å². The van der Waals surface area contributed by atoms with Crippen LogP contribution < -0.4 is 4.74 Å². The van der Waals surface area contributed by atoms with Gasteiger partial charge in [-0.3, -0.25) is 0 Å². The number of thioether (sulfide) groups is 1. The molecule has 0 bridgehead atoms. The monoisotopic (exact) mass is 456 g/mol. The standard InChI is InChI=1S/C25H29FN2O3S/c1-16-13-21(27-22-15-23(30-6)20(26)14-19(16)22)17-7-9-18(10-8-17)32-12-11-28(5)24(29)31-25(2,3)4/h7-10,13-15H,11-12H2,1-6H3. The maximum absolute atomic E-state index is 14.1. The highest BCUT2D eigenvalue weighted by Gasteiger charge is 2.19. The molecule has 170 valence electrons. The Morgan fingerprint density at radius 2 is 1.84 bits per heavy atom. The molecule has 7 heteroatoms. The zero-order chi connectivity index (χ0) is 23.5. The van der Waals surface area contributed by atoms with Gasteiger partial charge in [0.15, 0.2) is 11.6 Å². The molecule has 0 aliphatic heterocycles. The van der Waals surface area contributed by atoms with Gasteiger partial charge in [0, 0.05) is 41.3 Å². The van der Waals surface area contributed by atoms with Gasteiger partial charge in [0.25, 0.3) is 0 Å². The van der Waals surface area contributed by atoms with Crippen LogP contribution in [0.4, 0.5) is 9.18 Å². The number of halogens is 1. The summed E-state index contributed by atoms with van der Waals surface area (Å²) in [7, 11) is 3.19. The molecule has 0 aliphatic rings. The zero-order valence-corrected chi connectivity index (χ0v) is 20.2. The molecule has 1 aromatic heterocycles. The summed E-state index contributed by atoms with van der Waals surface area (Å²) < 4.78 is 24.5. The van der Waals surface area contributed by atoms with Gasteiger partial charge >= 0.3 is 6.09 Å². The van der Waals surface area contributed by atoms with Gasteiger partial charge in [0.05, 0.1) is 18.3 Å². The third kappa shape index (κ3) is 5.91. The first-order valence-corrected chi connectivity index (χ1v) is 11.4. The number of benzene rings is 2. The molecule has 32 heavy (non-hydrogen) atoms. The minimum Gasteiger partial charge on any atom is -0.494 e. The van der Waals surface area contributed by atoms with Crippen molar-refractivity contribution < 1.29 is 18.7 Å². The average molecular weight is 457 g/mol. The SMILES string of the molecule is COc1cc2nc(-c3ccc(SCCN(C)C(=O)OC(C)(C)C)cc3)cc(C)c2cc1F. The van der Waals surface area contributed by atoms with E-state index in [0.29, 0.717) is 12.1 Å². The van der Waals surface area contributed by atoms with Gasteiger partial charge in [0.1, 0.15) is 5.60 Å². The van der Waals surface area contributed by atoms with E-state index >= 15 is 0 Å². The third-order valence-corrected chi connectivity index (χ3v) is 5.83. The molecule has 0 radical (unpaired) electrons. The molecule has 0 saturated carbocycles. The Labute approximate surface area is 192 Å². The number of rotatable bonds is 6. The summed E-state index contributed by atoms with van der Waals surface area (Å²) >= 11 is 1.67. The summed E-state index contributed by atoms with van der Waals surface area (Å²) in [5.41, 5.74) is 2.96. The average Bonchev–Trinajstić information content (AvgIpc) is 2.73. The largest absolute Gasteiger partial charge is 0.494 e. The Hall–Kier alpha value is -2.80. The lowest BCUT2D eigenvalue weighted by molar-refractivity contribution is 0.0309. The van der Waals surface area contributed by atoms with Crippen LogP contribution in [0.25, 0.3) is 22.2 Å². The zero-order valence-electron chi connectivity index (χ0n) is 19.4. The Balaban J connectivity index is 1.67. The molecule has 0 saturated heterocycles. The fraction of sp³-hybridized carbons (Fsp3) is 0.360. The number of amides is 1. The van der Waals surface area contributed by atoms with Crippen molar-refractivity contribution in [3.8, 4) is 17.0 Å². The summed E-state index contributed by atoms with van der Waals surface area (Å²) in [6.45, 7) is 8.11. The van der Waals surface area contributed by atoms with E-state index in [1.807, 2.05) is 58.0 Å². The van der Waals surface area contributed by atoms with Crippen LogP contribution in [-0.4, -0.2) is 48.0 Å². The van der Waals surface area contributed by atoms with Crippen molar-refractivity contribution in [2.24, 2.45) is 0 Å². The molecule has 3 aromatic rings. The summed E-state index contributed by atoms with van der Waals surface area (Å²) in [6, 6.07) is 13.2. The van der Waals surface area contributed by atoms with Crippen molar-refractivity contribution in [3.63, 3.8) is 0 Å². The molecule has 1 heterocycles. The van der Waals surface area contributed by atoms with Crippen LogP contribution in [0.1, 0.15) is 26.3 Å². The van der Waals surface area contributed by atoms with Crippen LogP contribution in [-0.2, 0) is 4.74 Å². The van der Waals surface area contributed by atoms with E-state index in [1.54, 1.807) is 29.8 Å². The molecular formula is C25H29FN2O3S. The predicted octanol–water partition coefficient (Wildman–Crippen LogP) is 6.32. The van der Waals surface area contributed by atoms with Gasteiger partial charge in [-0.05, 0) is 57.5 Å². The number of fused-ring (bicyclic) bond motifs is 1. The van der Waals surface area contributed by atoms with Crippen LogP contribution in [0.3, 0.4) is 0 Å².